The molecule has 5 nitrogen and oxygen atoms in total. The van der Waals surface area contributed by atoms with E-state index in [4.69, 9.17) is 0 Å². The molecular weight excluding hydrogens is 349 g/mol. The summed E-state index contributed by atoms with van der Waals surface area (Å²) in [6.45, 7) is 0.696. The fourth-order valence-electron chi connectivity index (χ4n) is 2.65. The molecule has 0 saturated heterocycles. The molecule has 7 heteroatoms. The highest BCUT2D eigenvalue weighted by Gasteiger charge is 2.10. The van der Waals surface area contributed by atoms with Crippen molar-refractivity contribution in [1.29, 1.82) is 0 Å². The average molecular weight is 367 g/mol. The summed E-state index contributed by atoms with van der Waals surface area (Å²) < 4.78 is 15.1. The summed E-state index contributed by atoms with van der Waals surface area (Å²) in [7, 11) is 4.05. The number of hydrogen-bond donors (Lipinski definition) is 1. The first kappa shape index (κ1) is 16.5. The van der Waals surface area contributed by atoms with Crippen molar-refractivity contribution < 1.29 is 4.39 Å². The van der Waals surface area contributed by atoms with Crippen molar-refractivity contribution in [3.8, 4) is 11.3 Å². The van der Waals surface area contributed by atoms with Gasteiger partial charge in [-0.1, -0.05) is 35.6 Å². The molecule has 4 rings (SSSR count). The van der Waals surface area contributed by atoms with Crippen LogP contribution in [0, 0.1) is 5.82 Å². The number of fused-ring (bicyclic) bond motifs is 1. The van der Waals surface area contributed by atoms with E-state index in [2.05, 4.69) is 44.6 Å². The molecule has 0 fully saturated rings. The second-order valence-electron chi connectivity index (χ2n) is 6.19. The molecular formula is C19H18FN5S. The van der Waals surface area contributed by atoms with Crippen LogP contribution in [0.4, 0.5) is 15.2 Å². The smallest absolute Gasteiger partial charge is 0.214 e. The van der Waals surface area contributed by atoms with Crippen LogP contribution >= 0.6 is 11.3 Å². The van der Waals surface area contributed by atoms with Crippen LogP contribution in [0.5, 0.6) is 0 Å². The zero-order valence-electron chi connectivity index (χ0n) is 14.5. The number of benzene rings is 2. The van der Waals surface area contributed by atoms with E-state index in [1.165, 1.54) is 34.7 Å². The van der Waals surface area contributed by atoms with E-state index in [-0.39, 0.29) is 5.82 Å². The lowest BCUT2D eigenvalue weighted by Gasteiger charge is -2.12. The predicted octanol–water partition coefficient (Wildman–Crippen LogP) is 4.28. The number of nitrogens with one attached hydrogen (secondary N) is 1. The fraction of sp³-hybridized carbons (Fsp3) is 0.158. The predicted molar refractivity (Wildman–Crippen MR) is 104 cm³/mol. The third-order valence-electron chi connectivity index (χ3n) is 4.06. The molecule has 0 saturated carbocycles. The standard InChI is InChI=1S/C19H18FN5S/c1-24(2)16-8-6-13(7-9-16)11-21-18-23-25-12-17(22-19(25)26-18)14-4-3-5-15(20)10-14/h3-10,12H,11H2,1-2H3,(H,21,23). The SMILES string of the molecule is CN(C)c1ccc(CNc2nn3cc(-c4cccc(F)c4)nc3s2)cc1. The Morgan fingerprint density at radius 2 is 1.96 bits per heavy atom. The van der Waals surface area contributed by atoms with Crippen LogP contribution in [-0.2, 0) is 6.54 Å². The minimum Gasteiger partial charge on any atom is -0.378 e. The Bertz CT molecular complexity index is 1000. The number of rotatable bonds is 5. The van der Waals surface area contributed by atoms with E-state index in [1.807, 2.05) is 26.4 Å². The van der Waals surface area contributed by atoms with Gasteiger partial charge in [0.05, 0.1) is 11.9 Å². The van der Waals surface area contributed by atoms with Crippen LogP contribution in [0.1, 0.15) is 5.56 Å². The number of imidazole rings is 1. The molecule has 132 valence electrons. The number of hydrogen-bond acceptors (Lipinski definition) is 5. The largest absolute Gasteiger partial charge is 0.378 e. The molecule has 1 N–H and O–H groups in total. The van der Waals surface area contributed by atoms with E-state index in [9.17, 15) is 4.39 Å². The summed E-state index contributed by atoms with van der Waals surface area (Å²) in [6.07, 6.45) is 1.82. The Labute approximate surface area is 154 Å². The molecule has 0 radical (unpaired) electrons. The van der Waals surface area contributed by atoms with Crippen LogP contribution in [0.3, 0.4) is 0 Å². The normalized spacial score (nSPS) is 11.0. The first-order chi connectivity index (χ1) is 12.6. The van der Waals surface area contributed by atoms with Crippen molar-refractivity contribution in [3.05, 3.63) is 66.1 Å². The molecule has 26 heavy (non-hydrogen) atoms. The van der Waals surface area contributed by atoms with Gasteiger partial charge < -0.3 is 10.2 Å². The van der Waals surface area contributed by atoms with E-state index in [0.29, 0.717) is 12.2 Å². The fourth-order valence-corrected chi connectivity index (χ4v) is 3.43. The maximum absolute atomic E-state index is 13.4. The molecule has 2 aromatic heterocycles. The second-order valence-corrected chi connectivity index (χ2v) is 7.14. The minimum absolute atomic E-state index is 0.269. The van der Waals surface area contributed by atoms with Gasteiger partial charge in [0.25, 0.3) is 0 Å². The van der Waals surface area contributed by atoms with Gasteiger partial charge >= 0.3 is 0 Å². The monoisotopic (exact) mass is 367 g/mol. The summed E-state index contributed by atoms with van der Waals surface area (Å²) >= 11 is 1.47. The van der Waals surface area contributed by atoms with Gasteiger partial charge in [0, 0.05) is 31.9 Å². The van der Waals surface area contributed by atoms with Crippen LogP contribution in [-0.4, -0.2) is 28.7 Å². The molecule has 0 spiro atoms. The van der Waals surface area contributed by atoms with Crippen molar-refractivity contribution in [1.82, 2.24) is 14.6 Å². The van der Waals surface area contributed by atoms with Crippen LogP contribution in [0.25, 0.3) is 16.2 Å². The van der Waals surface area contributed by atoms with Crippen molar-refractivity contribution in [3.63, 3.8) is 0 Å². The summed E-state index contributed by atoms with van der Waals surface area (Å²) in [5, 5.41) is 8.63. The Balaban J connectivity index is 1.47. The van der Waals surface area contributed by atoms with Gasteiger partial charge in [-0.25, -0.2) is 13.9 Å². The van der Waals surface area contributed by atoms with Gasteiger partial charge in [-0.2, -0.15) is 0 Å². The van der Waals surface area contributed by atoms with Gasteiger partial charge in [-0.05, 0) is 29.8 Å². The van der Waals surface area contributed by atoms with Gasteiger partial charge in [0.2, 0.25) is 10.1 Å². The van der Waals surface area contributed by atoms with Crippen LogP contribution in [0.2, 0.25) is 0 Å². The highest BCUT2D eigenvalue weighted by molar-refractivity contribution is 7.20. The second kappa shape index (κ2) is 6.76. The summed E-state index contributed by atoms with van der Waals surface area (Å²) in [6, 6.07) is 14.8. The lowest BCUT2D eigenvalue weighted by Crippen LogP contribution is -2.08. The Kier molecular flexibility index (Phi) is 4.30. The maximum Gasteiger partial charge on any atom is 0.214 e. The summed E-state index contributed by atoms with van der Waals surface area (Å²) in [4.78, 5) is 7.38. The summed E-state index contributed by atoms with van der Waals surface area (Å²) in [5.41, 5.74) is 3.82. The quantitative estimate of drug-likeness (QED) is 0.572. The number of aromatic nitrogens is 3. The molecule has 0 aliphatic carbocycles. The third kappa shape index (κ3) is 3.39. The van der Waals surface area contributed by atoms with Crippen LogP contribution < -0.4 is 10.2 Å². The Hall–Kier alpha value is -2.93. The van der Waals surface area contributed by atoms with Crippen molar-refractivity contribution >= 4 is 27.1 Å². The molecule has 0 atom stereocenters. The van der Waals surface area contributed by atoms with Crippen LogP contribution in [0.15, 0.2) is 54.7 Å². The Morgan fingerprint density at radius 3 is 2.65 bits per heavy atom. The molecule has 0 unspecified atom stereocenters. The molecule has 0 bridgehead atoms. The lowest BCUT2D eigenvalue weighted by atomic mass is 10.2. The lowest BCUT2D eigenvalue weighted by molar-refractivity contribution is 0.628. The van der Waals surface area contributed by atoms with Crippen molar-refractivity contribution in [2.24, 2.45) is 0 Å². The first-order valence-corrected chi connectivity index (χ1v) is 9.02. The number of anilines is 2. The molecule has 0 aliphatic heterocycles. The summed E-state index contributed by atoms with van der Waals surface area (Å²) in [5.74, 6) is -0.269. The molecule has 2 heterocycles. The zero-order chi connectivity index (χ0) is 18.1. The maximum atomic E-state index is 13.4. The van der Waals surface area contributed by atoms with Gasteiger partial charge in [0.1, 0.15) is 5.82 Å². The zero-order valence-corrected chi connectivity index (χ0v) is 15.3. The van der Waals surface area contributed by atoms with Gasteiger partial charge in [0.15, 0.2) is 0 Å². The van der Waals surface area contributed by atoms with E-state index in [1.54, 1.807) is 10.6 Å². The molecule has 2 aromatic carbocycles. The van der Waals surface area contributed by atoms with Gasteiger partial charge in [-0.3, -0.25) is 0 Å². The highest BCUT2D eigenvalue weighted by atomic mass is 32.1. The topological polar surface area (TPSA) is 45.5 Å². The van der Waals surface area contributed by atoms with Crippen molar-refractivity contribution in [2.45, 2.75) is 6.54 Å². The number of nitrogens with zero attached hydrogens (tertiary/aromatic N) is 4. The molecule has 0 amide bonds. The average Bonchev–Trinajstić information content (AvgIpc) is 3.19. The van der Waals surface area contributed by atoms with E-state index < -0.39 is 0 Å². The highest BCUT2D eigenvalue weighted by Crippen LogP contribution is 2.25. The molecule has 4 aromatic rings. The van der Waals surface area contributed by atoms with E-state index in [0.717, 1.165) is 15.7 Å². The number of halogens is 1. The van der Waals surface area contributed by atoms with Gasteiger partial charge in [-0.15, -0.1) is 5.10 Å². The third-order valence-corrected chi connectivity index (χ3v) is 4.94. The van der Waals surface area contributed by atoms with E-state index >= 15 is 0 Å². The van der Waals surface area contributed by atoms with Crippen molar-refractivity contribution in [2.75, 3.05) is 24.3 Å². The minimum atomic E-state index is -0.269. The molecule has 0 aliphatic rings. The Morgan fingerprint density at radius 1 is 1.15 bits per heavy atom. The first-order valence-electron chi connectivity index (χ1n) is 8.21.